The average Bonchev–Trinajstić information content (AvgIpc) is 3.12. The highest BCUT2D eigenvalue weighted by molar-refractivity contribution is 14.0. The molecule has 6 nitrogen and oxygen atoms in total. The van der Waals surface area contributed by atoms with Crippen LogP contribution in [0.15, 0.2) is 29.3 Å². The molecule has 1 aliphatic heterocycles. The van der Waals surface area contributed by atoms with Gasteiger partial charge in [-0.3, -0.25) is 4.99 Å². The summed E-state index contributed by atoms with van der Waals surface area (Å²) in [6, 6.07) is 6.62. The number of nitrogens with zero attached hydrogens (tertiary/aromatic N) is 5. The third-order valence-corrected chi connectivity index (χ3v) is 4.99. The number of benzene rings is 1. The quantitative estimate of drug-likeness (QED) is 0.406. The third kappa shape index (κ3) is 5.26. The van der Waals surface area contributed by atoms with Crippen molar-refractivity contribution < 1.29 is 4.39 Å². The second kappa shape index (κ2) is 10.0. The van der Waals surface area contributed by atoms with Gasteiger partial charge in [0, 0.05) is 57.7 Å². The minimum absolute atomic E-state index is 0. The first-order valence-electron chi connectivity index (χ1n) is 8.47. The van der Waals surface area contributed by atoms with Crippen LogP contribution in [0.4, 0.5) is 9.52 Å². The van der Waals surface area contributed by atoms with E-state index in [1.807, 2.05) is 6.07 Å². The number of hydrogen-bond donors (Lipinski definition) is 1. The molecule has 9 heteroatoms. The van der Waals surface area contributed by atoms with Gasteiger partial charge in [0.15, 0.2) is 5.96 Å². The molecule has 26 heavy (non-hydrogen) atoms. The highest BCUT2D eigenvalue weighted by Gasteiger charge is 2.21. The van der Waals surface area contributed by atoms with E-state index < -0.39 is 0 Å². The minimum Gasteiger partial charge on any atom is -0.352 e. The van der Waals surface area contributed by atoms with Crippen LogP contribution >= 0.6 is 35.5 Å². The van der Waals surface area contributed by atoms with E-state index >= 15 is 0 Å². The van der Waals surface area contributed by atoms with Gasteiger partial charge in [-0.2, -0.15) is 4.37 Å². The van der Waals surface area contributed by atoms with E-state index in [-0.39, 0.29) is 29.8 Å². The van der Waals surface area contributed by atoms with E-state index in [9.17, 15) is 4.39 Å². The van der Waals surface area contributed by atoms with Gasteiger partial charge < -0.3 is 15.1 Å². The number of aromatic nitrogens is 2. The van der Waals surface area contributed by atoms with E-state index in [0.717, 1.165) is 55.1 Å². The molecule has 1 aliphatic rings. The Bertz CT molecular complexity index is 730. The standard InChI is InChI=1S/C17H23FN6S.HI/c1-3-15-21-17(25-22-15)24-9-7-23(8-10-24)16(19-2)20-12-13-5-4-6-14(18)11-13;/h4-6,11H,3,7-10,12H2,1-2H3,(H,19,20);1H. The van der Waals surface area contributed by atoms with Gasteiger partial charge in [-0.15, -0.1) is 24.0 Å². The molecule has 2 heterocycles. The summed E-state index contributed by atoms with van der Waals surface area (Å²) in [4.78, 5) is 13.4. The fraction of sp³-hybridized carbons (Fsp3) is 0.471. The Morgan fingerprint density at radius 1 is 1.31 bits per heavy atom. The zero-order valence-electron chi connectivity index (χ0n) is 15.0. The van der Waals surface area contributed by atoms with Gasteiger partial charge >= 0.3 is 0 Å². The van der Waals surface area contributed by atoms with Crippen molar-refractivity contribution in [2.24, 2.45) is 4.99 Å². The monoisotopic (exact) mass is 490 g/mol. The molecular formula is C17H24FIN6S. The molecule has 1 saturated heterocycles. The lowest BCUT2D eigenvalue weighted by atomic mass is 10.2. The lowest BCUT2D eigenvalue weighted by Gasteiger charge is -2.36. The van der Waals surface area contributed by atoms with Crippen LogP contribution < -0.4 is 10.2 Å². The van der Waals surface area contributed by atoms with Gasteiger partial charge in [0.05, 0.1) is 0 Å². The van der Waals surface area contributed by atoms with Crippen molar-refractivity contribution in [3.63, 3.8) is 0 Å². The van der Waals surface area contributed by atoms with Crippen LogP contribution in [-0.2, 0) is 13.0 Å². The van der Waals surface area contributed by atoms with Crippen molar-refractivity contribution in [2.75, 3.05) is 38.1 Å². The Kier molecular flexibility index (Phi) is 8.01. The summed E-state index contributed by atoms with van der Waals surface area (Å²) in [5.41, 5.74) is 0.903. The van der Waals surface area contributed by atoms with Crippen LogP contribution in [0.25, 0.3) is 0 Å². The number of hydrogen-bond acceptors (Lipinski definition) is 5. The smallest absolute Gasteiger partial charge is 0.205 e. The van der Waals surface area contributed by atoms with Crippen molar-refractivity contribution in [3.8, 4) is 0 Å². The fourth-order valence-corrected chi connectivity index (χ4v) is 3.59. The Morgan fingerprint density at radius 3 is 2.69 bits per heavy atom. The number of rotatable bonds is 4. The van der Waals surface area contributed by atoms with E-state index in [0.29, 0.717) is 6.54 Å². The summed E-state index contributed by atoms with van der Waals surface area (Å²) in [6.07, 6.45) is 0.868. The third-order valence-electron chi connectivity index (χ3n) is 4.17. The summed E-state index contributed by atoms with van der Waals surface area (Å²) >= 11 is 1.47. The molecule has 0 atom stereocenters. The molecule has 1 aromatic carbocycles. The molecular weight excluding hydrogens is 466 g/mol. The molecule has 0 amide bonds. The van der Waals surface area contributed by atoms with Crippen molar-refractivity contribution in [2.45, 2.75) is 19.9 Å². The van der Waals surface area contributed by atoms with E-state index in [1.54, 1.807) is 19.2 Å². The summed E-state index contributed by atoms with van der Waals surface area (Å²) in [5.74, 6) is 1.54. The molecule has 142 valence electrons. The number of nitrogens with one attached hydrogen (secondary N) is 1. The molecule has 0 aliphatic carbocycles. The predicted molar refractivity (Wildman–Crippen MR) is 115 cm³/mol. The molecule has 0 saturated carbocycles. The first kappa shape index (κ1) is 20.8. The van der Waals surface area contributed by atoms with Crippen molar-refractivity contribution in [3.05, 3.63) is 41.5 Å². The van der Waals surface area contributed by atoms with E-state index in [2.05, 4.69) is 36.4 Å². The average molecular weight is 490 g/mol. The number of aryl methyl sites for hydroxylation is 1. The second-order valence-electron chi connectivity index (χ2n) is 5.85. The summed E-state index contributed by atoms with van der Waals surface area (Å²) in [7, 11) is 1.78. The molecule has 1 fully saturated rings. The highest BCUT2D eigenvalue weighted by atomic mass is 127. The minimum atomic E-state index is -0.216. The Hall–Kier alpha value is -1.49. The van der Waals surface area contributed by atoms with Gasteiger partial charge in [-0.05, 0) is 17.7 Å². The maximum Gasteiger partial charge on any atom is 0.205 e. The Morgan fingerprint density at radius 2 is 2.08 bits per heavy atom. The lowest BCUT2D eigenvalue weighted by Crippen LogP contribution is -2.52. The fourth-order valence-electron chi connectivity index (χ4n) is 2.79. The largest absolute Gasteiger partial charge is 0.352 e. The molecule has 1 aromatic heterocycles. The van der Waals surface area contributed by atoms with E-state index in [1.165, 1.54) is 17.6 Å². The van der Waals surface area contributed by atoms with Crippen LogP contribution in [-0.4, -0.2) is 53.4 Å². The van der Waals surface area contributed by atoms with Gasteiger partial charge in [0.1, 0.15) is 11.6 Å². The molecule has 0 radical (unpaired) electrons. The van der Waals surface area contributed by atoms with Gasteiger partial charge in [-0.25, -0.2) is 9.37 Å². The first-order chi connectivity index (χ1) is 12.2. The number of piperazine rings is 1. The highest BCUT2D eigenvalue weighted by Crippen LogP contribution is 2.19. The molecule has 1 N–H and O–H groups in total. The molecule has 3 rings (SSSR count). The van der Waals surface area contributed by atoms with Gasteiger partial charge in [-0.1, -0.05) is 19.1 Å². The van der Waals surface area contributed by atoms with E-state index in [4.69, 9.17) is 0 Å². The SMILES string of the molecule is CCc1nsc(N2CCN(C(=NC)NCc3cccc(F)c3)CC2)n1.I. The number of halogens is 2. The van der Waals surface area contributed by atoms with Gasteiger partial charge in [0.2, 0.25) is 5.13 Å². The molecule has 0 spiro atoms. The zero-order valence-corrected chi connectivity index (χ0v) is 18.1. The second-order valence-corrected chi connectivity index (χ2v) is 6.58. The summed E-state index contributed by atoms with van der Waals surface area (Å²) < 4.78 is 17.6. The lowest BCUT2D eigenvalue weighted by molar-refractivity contribution is 0.372. The Balaban J connectivity index is 0.00000243. The number of anilines is 1. The predicted octanol–water partition coefficient (Wildman–Crippen LogP) is 2.76. The first-order valence-corrected chi connectivity index (χ1v) is 9.24. The topological polar surface area (TPSA) is 56.7 Å². The number of guanidine groups is 1. The zero-order chi connectivity index (χ0) is 17.6. The summed E-state index contributed by atoms with van der Waals surface area (Å²) in [6.45, 7) is 6.13. The van der Waals surface area contributed by atoms with Crippen LogP contribution in [0.1, 0.15) is 18.3 Å². The number of aliphatic imine (C=N–C) groups is 1. The normalized spacial score (nSPS) is 15.0. The van der Waals surface area contributed by atoms with Gasteiger partial charge in [0.25, 0.3) is 0 Å². The summed E-state index contributed by atoms with van der Waals surface area (Å²) in [5, 5.41) is 4.32. The molecule has 0 unspecified atom stereocenters. The maximum atomic E-state index is 13.3. The molecule has 2 aromatic rings. The van der Waals surface area contributed by atoms with Crippen molar-refractivity contribution in [1.82, 2.24) is 19.6 Å². The van der Waals surface area contributed by atoms with Crippen LogP contribution in [0.5, 0.6) is 0 Å². The van der Waals surface area contributed by atoms with Crippen molar-refractivity contribution >= 4 is 46.6 Å². The Labute approximate surface area is 174 Å². The van der Waals surface area contributed by atoms with Crippen LogP contribution in [0, 0.1) is 5.82 Å². The van der Waals surface area contributed by atoms with Crippen LogP contribution in [0.2, 0.25) is 0 Å². The molecule has 0 bridgehead atoms. The maximum absolute atomic E-state index is 13.3. The van der Waals surface area contributed by atoms with Crippen LogP contribution in [0.3, 0.4) is 0 Å². The van der Waals surface area contributed by atoms with Crippen molar-refractivity contribution in [1.29, 1.82) is 0 Å².